The van der Waals surface area contributed by atoms with Crippen molar-refractivity contribution in [2.24, 2.45) is 5.92 Å². The number of carbonyl (C=O) groups is 2. The normalized spacial score (nSPS) is 22.4. The lowest BCUT2D eigenvalue weighted by molar-refractivity contribution is -0.187. The van der Waals surface area contributed by atoms with E-state index in [0.29, 0.717) is 6.42 Å². The van der Waals surface area contributed by atoms with Crippen LogP contribution in [-0.2, 0) is 14.4 Å². The molecule has 1 aliphatic rings. The van der Waals surface area contributed by atoms with E-state index >= 15 is 0 Å². The number of nitrogens with one attached hydrogen (secondary N) is 1. The van der Waals surface area contributed by atoms with Crippen LogP contribution < -0.4 is 5.48 Å². The predicted octanol–water partition coefficient (Wildman–Crippen LogP) is -1.63. The molecular weight excluding hydrogens is 190 g/mol. The average Bonchev–Trinajstić information content (AvgIpc) is 2.19. The Balaban J connectivity index is 2.44. The molecule has 14 heavy (non-hydrogen) atoms. The van der Waals surface area contributed by atoms with Crippen LogP contribution in [0.4, 0.5) is 0 Å². The van der Waals surface area contributed by atoms with Gasteiger partial charge in [0.05, 0.1) is 12.5 Å². The topological polar surface area (TPSA) is 95.9 Å². The molecule has 1 unspecified atom stereocenters. The van der Waals surface area contributed by atoms with Crippen LogP contribution in [0.15, 0.2) is 0 Å². The summed E-state index contributed by atoms with van der Waals surface area (Å²) in [7, 11) is 0. The SMILES string of the molecule is O=C(CCCO)C(CO)[C@@H]1NOC1=O. The third-order valence-electron chi connectivity index (χ3n) is 2.13. The Labute approximate surface area is 80.8 Å². The van der Waals surface area contributed by atoms with Crippen molar-refractivity contribution >= 4 is 11.8 Å². The summed E-state index contributed by atoms with van der Waals surface area (Å²) >= 11 is 0. The van der Waals surface area contributed by atoms with Gasteiger partial charge in [0, 0.05) is 13.0 Å². The van der Waals surface area contributed by atoms with E-state index in [0.717, 1.165) is 0 Å². The van der Waals surface area contributed by atoms with Crippen LogP contribution >= 0.6 is 0 Å². The molecule has 1 aliphatic heterocycles. The number of aliphatic hydroxyl groups is 2. The number of Topliss-reactive ketones (excluding diaryl/α,β-unsaturated/α-hetero) is 1. The highest BCUT2D eigenvalue weighted by atomic mass is 16.7. The molecule has 0 bridgehead atoms. The number of aliphatic hydroxyl groups excluding tert-OH is 2. The molecular formula is C8H13NO5. The van der Waals surface area contributed by atoms with E-state index in [1.165, 1.54) is 0 Å². The lowest BCUT2D eigenvalue weighted by Gasteiger charge is -2.30. The molecule has 1 heterocycles. The molecule has 1 saturated heterocycles. The van der Waals surface area contributed by atoms with Gasteiger partial charge in [-0.1, -0.05) is 0 Å². The highest BCUT2D eigenvalue weighted by Gasteiger charge is 2.41. The van der Waals surface area contributed by atoms with Gasteiger partial charge in [-0.05, 0) is 6.42 Å². The zero-order valence-corrected chi connectivity index (χ0v) is 7.60. The number of carbonyl (C=O) groups excluding carboxylic acids is 2. The van der Waals surface area contributed by atoms with Crippen molar-refractivity contribution < 1.29 is 24.6 Å². The first-order chi connectivity index (χ1) is 6.70. The van der Waals surface area contributed by atoms with E-state index in [1.54, 1.807) is 0 Å². The van der Waals surface area contributed by atoms with Gasteiger partial charge in [-0.25, -0.2) is 4.79 Å². The Hall–Kier alpha value is -0.980. The molecule has 1 rings (SSSR count). The first-order valence-electron chi connectivity index (χ1n) is 4.41. The summed E-state index contributed by atoms with van der Waals surface area (Å²) in [5.74, 6) is -1.53. The van der Waals surface area contributed by atoms with Crippen molar-refractivity contribution in [2.45, 2.75) is 18.9 Å². The van der Waals surface area contributed by atoms with Crippen LogP contribution in [0, 0.1) is 5.92 Å². The molecule has 0 saturated carbocycles. The second kappa shape index (κ2) is 5.04. The van der Waals surface area contributed by atoms with Crippen molar-refractivity contribution in [3.05, 3.63) is 0 Å². The lowest BCUT2D eigenvalue weighted by Crippen LogP contribution is -2.58. The first-order valence-corrected chi connectivity index (χ1v) is 4.41. The monoisotopic (exact) mass is 203 g/mol. The quantitative estimate of drug-likeness (QED) is 0.479. The minimum absolute atomic E-state index is 0.0770. The maximum Gasteiger partial charge on any atom is 0.346 e. The van der Waals surface area contributed by atoms with Gasteiger partial charge in [-0.15, -0.1) is 5.48 Å². The smallest absolute Gasteiger partial charge is 0.346 e. The Morgan fingerprint density at radius 1 is 1.57 bits per heavy atom. The summed E-state index contributed by atoms with van der Waals surface area (Å²) in [6.45, 7) is -0.469. The Kier molecular flexibility index (Phi) is 3.99. The Morgan fingerprint density at radius 3 is 2.64 bits per heavy atom. The summed E-state index contributed by atoms with van der Waals surface area (Å²) in [4.78, 5) is 26.5. The van der Waals surface area contributed by atoms with Crippen molar-refractivity contribution in [3.8, 4) is 0 Å². The van der Waals surface area contributed by atoms with Crippen LogP contribution in [0.1, 0.15) is 12.8 Å². The first kappa shape index (κ1) is 11.1. The summed E-state index contributed by atoms with van der Waals surface area (Å²) in [6.07, 6.45) is 0.504. The number of rotatable bonds is 6. The molecule has 80 valence electrons. The minimum atomic E-state index is -0.761. The van der Waals surface area contributed by atoms with Gasteiger partial charge in [0.1, 0.15) is 5.78 Å². The number of hydrogen-bond donors (Lipinski definition) is 3. The van der Waals surface area contributed by atoms with E-state index in [-0.39, 0.29) is 18.8 Å². The minimum Gasteiger partial charge on any atom is -0.396 e. The van der Waals surface area contributed by atoms with Gasteiger partial charge >= 0.3 is 5.97 Å². The van der Waals surface area contributed by atoms with Gasteiger partial charge in [0.2, 0.25) is 0 Å². The van der Waals surface area contributed by atoms with E-state index < -0.39 is 24.5 Å². The molecule has 0 aromatic heterocycles. The van der Waals surface area contributed by atoms with Crippen molar-refractivity contribution in [2.75, 3.05) is 13.2 Å². The van der Waals surface area contributed by atoms with Crippen molar-refractivity contribution in [1.82, 2.24) is 5.48 Å². The summed E-state index contributed by atoms with van der Waals surface area (Å²) in [5.41, 5.74) is 2.31. The Bertz CT molecular complexity index is 230. The third-order valence-corrected chi connectivity index (χ3v) is 2.13. The number of hydrogen-bond acceptors (Lipinski definition) is 6. The molecule has 6 nitrogen and oxygen atoms in total. The lowest BCUT2D eigenvalue weighted by atomic mass is 9.92. The molecule has 0 amide bonds. The Morgan fingerprint density at radius 2 is 2.29 bits per heavy atom. The van der Waals surface area contributed by atoms with Crippen LogP contribution in [-0.4, -0.2) is 41.2 Å². The molecule has 0 aromatic rings. The molecule has 0 spiro atoms. The maximum absolute atomic E-state index is 11.4. The molecule has 0 radical (unpaired) electrons. The third kappa shape index (κ3) is 2.28. The molecule has 3 N–H and O–H groups in total. The maximum atomic E-state index is 11.4. The summed E-state index contributed by atoms with van der Waals surface area (Å²) in [5, 5.41) is 17.4. The second-order valence-electron chi connectivity index (χ2n) is 3.10. The van der Waals surface area contributed by atoms with Crippen LogP contribution in [0.3, 0.4) is 0 Å². The summed E-state index contributed by atoms with van der Waals surface area (Å²) in [6, 6.07) is -0.730. The molecule has 2 atom stereocenters. The largest absolute Gasteiger partial charge is 0.396 e. The highest BCUT2D eigenvalue weighted by molar-refractivity contribution is 5.90. The van der Waals surface area contributed by atoms with Crippen molar-refractivity contribution in [3.63, 3.8) is 0 Å². The summed E-state index contributed by atoms with van der Waals surface area (Å²) < 4.78 is 0. The van der Waals surface area contributed by atoms with Crippen LogP contribution in [0.25, 0.3) is 0 Å². The highest BCUT2D eigenvalue weighted by Crippen LogP contribution is 2.15. The van der Waals surface area contributed by atoms with Gasteiger partial charge < -0.3 is 15.1 Å². The molecule has 0 aliphatic carbocycles. The van der Waals surface area contributed by atoms with E-state index in [9.17, 15) is 9.59 Å². The van der Waals surface area contributed by atoms with E-state index in [1.807, 2.05) is 0 Å². The number of ketones is 1. The zero-order chi connectivity index (χ0) is 10.6. The van der Waals surface area contributed by atoms with E-state index in [2.05, 4.69) is 10.3 Å². The van der Waals surface area contributed by atoms with Gasteiger partial charge in [-0.3, -0.25) is 4.79 Å². The van der Waals surface area contributed by atoms with Crippen LogP contribution in [0.2, 0.25) is 0 Å². The fraction of sp³-hybridized carbons (Fsp3) is 0.750. The van der Waals surface area contributed by atoms with Crippen molar-refractivity contribution in [1.29, 1.82) is 0 Å². The fourth-order valence-electron chi connectivity index (χ4n) is 1.25. The molecule has 1 fully saturated rings. The van der Waals surface area contributed by atoms with Crippen LogP contribution in [0.5, 0.6) is 0 Å². The predicted molar refractivity (Wildman–Crippen MR) is 44.9 cm³/mol. The van der Waals surface area contributed by atoms with Gasteiger partial charge in [0.15, 0.2) is 6.04 Å². The molecule has 6 heteroatoms. The van der Waals surface area contributed by atoms with Gasteiger partial charge in [0.25, 0.3) is 0 Å². The zero-order valence-electron chi connectivity index (χ0n) is 7.60. The average molecular weight is 203 g/mol. The standard InChI is InChI=1S/C8H13NO5/c10-3-1-2-6(12)5(4-11)7-8(13)14-9-7/h5,7,9-11H,1-4H2/t5?,7-/m0/s1. The van der Waals surface area contributed by atoms with E-state index in [4.69, 9.17) is 10.2 Å². The van der Waals surface area contributed by atoms with Gasteiger partial charge in [-0.2, -0.15) is 0 Å². The molecule has 0 aromatic carbocycles. The second-order valence-corrected chi connectivity index (χ2v) is 3.10. The number of hydroxylamine groups is 1. The fourth-order valence-corrected chi connectivity index (χ4v) is 1.25.